The number of aliphatic hydroxyl groups is 1. The van der Waals surface area contributed by atoms with Gasteiger partial charge in [0.05, 0.1) is 4.92 Å². The lowest BCUT2D eigenvalue weighted by atomic mass is 10.1. The molecule has 110 valence electrons. The average Bonchev–Trinajstić information content (AvgIpc) is 2.37. The molecule has 0 radical (unpaired) electrons. The number of carbonyl (C=O) groups excluding carboxylic acids is 1. The van der Waals surface area contributed by atoms with Crippen LogP contribution in [0.3, 0.4) is 0 Å². The van der Waals surface area contributed by atoms with Crippen molar-refractivity contribution in [2.45, 2.75) is 26.3 Å². The van der Waals surface area contributed by atoms with Crippen molar-refractivity contribution in [3.63, 3.8) is 0 Å². The van der Waals surface area contributed by atoms with Gasteiger partial charge in [0.1, 0.15) is 0 Å². The lowest BCUT2D eigenvalue weighted by molar-refractivity contribution is -0.385. The highest BCUT2D eigenvalue weighted by Crippen LogP contribution is 2.27. The van der Waals surface area contributed by atoms with Crippen LogP contribution in [-0.2, 0) is 0 Å². The first-order chi connectivity index (χ1) is 9.38. The molecule has 0 saturated heterocycles. The number of phenolic OH excluding ortho intramolecular Hbond substituents is 1. The molecule has 7 nitrogen and oxygen atoms in total. The zero-order chi connectivity index (χ0) is 15.3. The molecule has 1 rings (SSSR count). The molecule has 20 heavy (non-hydrogen) atoms. The van der Waals surface area contributed by atoms with Crippen molar-refractivity contribution < 1.29 is 19.9 Å². The number of nitro groups is 1. The number of aromatic hydroxyl groups is 1. The number of nitrogens with zero attached hydrogens (tertiary/aromatic N) is 2. The minimum atomic E-state index is -0.713. The first-order valence-electron chi connectivity index (χ1n) is 6.27. The molecule has 0 saturated carbocycles. The topological polar surface area (TPSA) is 104 Å². The van der Waals surface area contributed by atoms with E-state index in [0.717, 1.165) is 12.1 Å². The largest absolute Gasteiger partial charge is 0.502 e. The summed E-state index contributed by atoms with van der Waals surface area (Å²) in [5.74, 6) is -0.870. The van der Waals surface area contributed by atoms with Crippen LogP contribution in [0.5, 0.6) is 5.75 Å². The lowest BCUT2D eigenvalue weighted by Gasteiger charge is -2.26. The van der Waals surface area contributed by atoms with E-state index in [2.05, 4.69) is 0 Å². The molecule has 0 aliphatic heterocycles. The maximum absolute atomic E-state index is 12.3. The molecule has 7 heteroatoms. The third kappa shape index (κ3) is 3.67. The second-order valence-corrected chi connectivity index (χ2v) is 4.63. The minimum Gasteiger partial charge on any atom is -0.502 e. The van der Waals surface area contributed by atoms with E-state index >= 15 is 0 Å². The number of amides is 1. The summed E-state index contributed by atoms with van der Waals surface area (Å²) in [6, 6.07) is 3.43. The quantitative estimate of drug-likeness (QED) is 0.608. The molecule has 0 spiro atoms. The molecule has 0 atom stereocenters. The number of nitro benzene ring substituents is 1. The van der Waals surface area contributed by atoms with E-state index < -0.39 is 16.4 Å². The van der Waals surface area contributed by atoms with Crippen LogP contribution >= 0.6 is 0 Å². The summed E-state index contributed by atoms with van der Waals surface area (Å²) in [5, 5.41) is 29.0. The molecule has 0 heterocycles. The molecule has 1 amide bonds. The summed E-state index contributed by atoms with van der Waals surface area (Å²) in [6.07, 6.45) is 0.447. The fourth-order valence-electron chi connectivity index (χ4n) is 1.81. The summed E-state index contributed by atoms with van der Waals surface area (Å²) in [5.41, 5.74) is -0.257. The van der Waals surface area contributed by atoms with E-state index in [0.29, 0.717) is 13.0 Å². The highest BCUT2D eigenvalue weighted by Gasteiger charge is 2.21. The van der Waals surface area contributed by atoms with Gasteiger partial charge in [0.15, 0.2) is 5.75 Å². The summed E-state index contributed by atoms with van der Waals surface area (Å²) < 4.78 is 0. The molecule has 0 bridgehead atoms. The van der Waals surface area contributed by atoms with Crippen molar-refractivity contribution in [3.8, 4) is 5.75 Å². The molecule has 2 N–H and O–H groups in total. The zero-order valence-corrected chi connectivity index (χ0v) is 11.4. The number of benzene rings is 1. The van der Waals surface area contributed by atoms with Gasteiger partial charge in [0, 0.05) is 30.8 Å². The average molecular weight is 282 g/mol. The highest BCUT2D eigenvalue weighted by molar-refractivity contribution is 5.95. The summed E-state index contributed by atoms with van der Waals surface area (Å²) >= 11 is 0. The Hall–Kier alpha value is -2.15. The summed E-state index contributed by atoms with van der Waals surface area (Å²) in [4.78, 5) is 23.7. The smallest absolute Gasteiger partial charge is 0.310 e. The first-order valence-corrected chi connectivity index (χ1v) is 6.27. The second kappa shape index (κ2) is 6.85. The molecular formula is C13H18N2O5. The number of hydrogen-bond acceptors (Lipinski definition) is 5. The van der Waals surface area contributed by atoms with E-state index in [-0.39, 0.29) is 24.1 Å². The van der Waals surface area contributed by atoms with Gasteiger partial charge in [0.2, 0.25) is 0 Å². The van der Waals surface area contributed by atoms with Crippen LogP contribution < -0.4 is 0 Å². The van der Waals surface area contributed by atoms with Crippen LogP contribution in [0, 0.1) is 10.1 Å². The predicted octanol–water partition coefficient (Wildman–Crippen LogP) is 1.53. The van der Waals surface area contributed by atoms with Crippen molar-refractivity contribution >= 4 is 11.6 Å². The summed E-state index contributed by atoms with van der Waals surface area (Å²) in [6.45, 7) is 4.02. The Bertz CT molecular complexity index is 502. The van der Waals surface area contributed by atoms with Gasteiger partial charge in [-0.3, -0.25) is 14.9 Å². The Balaban J connectivity index is 3.00. The Morgan fingerprint density at radius 1 is 1.45 bits per heavy atom. The van der Waals surface area contributed by atoms with Gasteiger partial charge in [-0.2, -0.15) is 0 Å². The molecule has 0 aromatic heterocycles. The number of phenols is 1. The van der Waals surface area contributed by atoms with Gasteiger partial charge in [-0.15, -0.1) is 0 Å². The third-order valence-electron chi connectivity index (χ3n) is 2.86. The van der Waals surface area contributed by atoms with Crippen LogP contribution in [0.15, 0.2) is 18.2 Å². The van der Waals surface area contributed by atoms with Gasteiger partial charge in [0.25, 0.3) is 5.91 Å². The van der Waals surface area contributed by atoms with Gasteiger partial charge in [-0.1, -0.05) is 0 Å². The number of aliphatic hydroxyl groups excluding tert-OH is 1. The van der Waals surface area contributed by atoms with Crippen molar-refractivity contribution in [2.75, 3.05) is 13.2 Å². The standard InChI is InChI=1S/C13H18N2O5/c1-9(2)14(6-3-7-16)13(18)10-4-5-11(15(19)20)12(17)8-10/h4-5,8-9,16-17H,3,6-7H2,1-2H3. The maximum Gasteiger partial charge on any atom is 0.310 e. The van der Waals surface area contributed by atoms with E-state index in [1.807, 2.05) is 13.8 Å². The molecule has 1 aromatic carbocycles. The number of hydrogen-bond donors (Lipinski definition) is 2. The van der Waals surface area contributed by atoms with Crippen molar-refractivity contribution in [1.29, 1.82) is 0 Å². The monoisotopic (exact) mass is 282 g/mol. The van der Waals surface area contributed by atoms with Crippen LogP contribution in [0.4, 0.5) is 5.69 Å². The van der Waals surface area contributed by atoms with Crippen molar-refractivity contribution in [1.82, 2.24) is 4.90 Å². The molecule has 0 aliphatic carbocycles. The highest BCUT2D eigenvalue weighted by atomic mass is 16.6. The van der Waals surface area contributed by atoms with E-state index in [4.69, 9.17) is 5.11 Å². The van der Waals surface area contributed by atoms with E-state index in [1.165, 1.54) is 11.0 Å². The molecule has 0 aliphatic rings. The van der Waals surface area contributed by atoms with Crippen LogP contribution in [0.2, 0.25) is 0 Å². The Morgan fingerprint density at radius 3 is 2.55 bits per heavy atom. The molecule has 0 unspecified atom stereocenters. The van der Waals surface area contributed by atoms with Crippen LogP contribution in [0.1, 0.15) is 30.6 Å². The minimum absolute atomic E-state index is 0.0258. The van der Waals surface area contributed by atoms with Gasteiger partial charge >= 0.3 is 5.69 Å². The molecule has 1 aromatic rings. The Labute approximate surface area is 116 Å². The zero-order valence-electron chi connectivity index (χ0n) is 11.4. The SMILES string of the molecule is CC(C)N(CCCO)C(=O)c1ccc([N+](=O)[O-])c(O)c1. The third-order valence-corrected chi connectivity index (χ3v) is 2.86. The van der Waals surface area contributed by atoms with Crippen LogP contribution in [0.25, 0.3) is 0 Å². The van der Waals surface area contributed by atoms with Gasteiger partial charge in [-0.05, 0) is 32.4 Å². The summed E-state index contributed by atoms with van der Waals surface area (Å²) in [7, 11) is 0. The first kappa shape index (κ1) is 15.9. The molecule has 0 fully saturated rings. The van der Waals surface area contributed by atoms with Gasteiger partial charge in [-0.25, -0.2) is 0 Å². The normalized spacial score (nSPS) is 10.6. The van der Waals surface area contributed by atoms with Crippen molar-refractivity contribution in [2.24, 2.45) is 0 Å². The fraction of sp³-hybridized carbons (Fsp3) is 0.462. The Morgan fingerprint density at radius 2 is 2.10 bits per heavy atom. The molecular weight excluding hydrogens is 264 g/mol. The number of carbonyl (C=O) groups is 1. The fourth-order valence-corrected chi connectivity index (χ4v) is 1.81. The Kier molecular flexibility index (Phi) is 5.45. The van der Waals surface area contributed by atoms with Crippen LogP contribution in [-0.4, -0.2) is 45.1 Å². The predicted molar refractivity (Wildman–Crippen MR) is 72.6 cm³/mol. The van der Waals surface area contributed by atoms with Gasteiger partial charge < -0.3 is 15.1 Å². The van der Waals surface area contributed by atoms with Crippen molar-refractivity contribution in [3.05, 3.63) is 33.9 Å². The lowest BCUT2D eigenvalue weighted by Crippen LogP contribution is -2.38. The maximum atomic E-state index is 12.3. The number of rotatable bonds is 6. The van der Waals surface area contributed by atoms with E-state index in [9.17, 15) is 20.0 Å². The second-order valence-electron chi connectivity index (χ2n) is 4.63. The van der Waals surface area contributed by atoms with E-state index in [1.54, 1.807) is 0 Å².